The molecule has 1 atom stereocenters. The molecule has 1 unspecified atom stereocenters. The molecule has 21 heavy (non-hydrogen) atoms. The van der Waals surface area contributed by atoms with Gasteiger partial charge in [-0.1, -0.05) is 15.9 Å². The zero-order valence-corrected chi connectivity index (χ0v) is 12.2. The third-order valence-electron chi connectivity index (χ3n) is 3.04. The zero-order chi connectivity index (χ0) is 15.6. The van der Waals surface area contributed by atoms with Crippen molar-refractivity contribution in [2.45, 2.75) is 12.5 Å². The van der Waals surface area contributed by atoms with Crippen molar-refractivity contribution in [2.24, 2.45) is 5.84 Å². The second-order valence-electron chi connectivity index (χ2n) is 4.46. The van der Waals surface area contributed by atoms with Crippen molar-refractivity contribution >= 4 is 15.9 Å². The van der Waals surface area contributed by atoms with Crippen LogP contribution in [0.4, 0.5) is 17.6 Å². The number of hydrogen-bond donors (Lipinski definition) is 2. The van der Waals surface area contributed by atoms with E-state index in [0.29, 0.717) is 10.0 Å². The number of nitrogens with one attached hydrogen (secondary N) is 1. The molecule has 112 valence electrons. The monoisotopic (exact) mass is 362 g/mol. The Labute approximate surface area is 127 Å². The Morgan fingerprint density at radius 3 is 2.19 bits per heavy atom. The highest BCUT2D eigenvalue weighted by atomic mass is 79.9. The Morgan fingerprint density at radius 1 is 1.00 bits per heavy atom. The first-order valence-corrected chi connectivity index (χ1v) is 6.76. The fourth-order valence-corrected chi connectivity index (χ4v) is 2.38. The molecular weight excluding hydrogens is 352 g/mol. The highest BCUT2D eigenvalue weighted by molar-refractivity contribution is 9.10. The summed E-state index contributed by atoms with van der Waals surface area (Å²) in [6.07, 6.45) is 0.0479. The van der Waals surface area contributed by atoms with E-state index in [4.69, 9.17) is 5.84 Å². The molecule has 0 radical (unpaired) electrons. The summed E-state index contributed by atoms with van der Waals surface area (Å²) in [6, 6.07) is 5.23. The Hall–Kier alpha value is -1.44. The molecule has 2 rings (SSSR count). The molecule has 0 saturated carbocycles. The van der Waals surface area contributed by atoms with Crippen molar-refractivity contribution < 1.29 is 17.6 Å². The van der Waals surface area contributed by atoms with Crippen LogP contribution in [0.2, 0.25) is 0 Å². The first-order valence-electron chi connectivity index (χ1n) is 5.97. The molecule has 0 spiro atoms. The SMILES string of the molecule is NNC(Cc1cc(Br)ccc1F)c1cc(F)c(F)c(F)c1. The smallest absolute Gasteiger partial charge is 0.194 e. The molecule has 0 fully saturated rings. The van der Waals surface area contributed by atoms with Crippen LogP contribution >= 0.6 is 15.9 Å². The van der Waals surface area contributed by atoms with Gasteiger partial charge in [-0.3, -0.25) is 11.3 Å². The van der Waals surface area contributed by atoms with Gasteiger partial charge in [-0.2, -0.15) is 0 Å². The van der Waals surface area contributed by atoms with Crippen LogP contribution in [0.25, 0.3) is 0 Å². The third kappa shape index (κ3) is 3.61. The van der Waals surface area contributed by atoms with E-state index in [1.807, 2.05) is 0 Å². The van der Waals surface area contributed by atoms with Crippen LogP contribution in [0.15, 0.2) is 34.8 Å². The summed E-state index contributed by atoms with van der Waals surface area (Å²) in [4.78, 5) is 0. The van der Waals surface area contributed by atoms with E-state index < -0.39 is 29.3 Å². The standard InChI is InChI=1S/C14H11BrF4N2/c15-9-1-2-10(16)7(3-9)6-13(21-20)8-4-11(17)14(19)12(18)5-8/h1-5,13,21H,6,20H2. The predicted molar refractivity (Wildman–Crippen MR) is 74.2 cm³/mol. The molecule has 0 bridgehead atoms. The topological polar surface area (TPSA) is 38.0 Å². The fraction of sp³-hybridized carbons (Fsp3) is 0.143. The van der Waals surface area contributed by atoms with Crippen molar-refractivity contribution in [3.63, 3.8) is 0 Å². The van der Waals surface area contributed by atoms with Gasteiger partial charge in [-0.15, -0.1) is 0 Å². The van der Waals surface area contributed by atoms with Gasteiger partial charge in [0, 0.05) is 4.47 Å². The van der Waals surface area contributed by atoms with Gasteiger partial charge in [0.2, 0.25) is 0 Å². The lowest BCUT2D eigenvalue weighted by Crippen LogP contribution is -2.30. The van der Waals surface area contributed by atoms with E-state index in [9.17, 15) is 17.6 Å². The van der Waals surface area contributed by atoms with E-state index in [1.54, 1.807) is 0 Å². The molecule has 0 aromatic heterocycles. The average Bonchev–Trinajstić information content (AvgIpc) is 2.45. The largest absolute Gasteiger partial charge is 0.271 e. The van der Waals surface area contributed by atoms with Crippen LogP contribution in [-0.2, 0) is 6.42 Å². The minimum absolute atomic E-state index is 0.0479. The van der Waals surface area contributed by atoms with Gasteiger partial charge in [0.1, 0.15) is 5.82 Å². The summed E-state index contributed by atoms with van der Waals surface area (Å²) < 4.78 is 53.8. The maximum Gasteiger partial charge on any atom is 0.194 e. The fourth-order valence-electron chi connectivity index (χ4n) is 1.97. The molecule has 0 amide bonds. The number of halogens is 5. The molecule has 2 aromatic carbocycles. The van der Waals surface area contributed by atoms with E-state index in [0.717, 1.165) is 12.1 Å². The second kappa shape index (κ2) is 6.55. The molecule has 0 saturated heterocycles. The number of hydrazine groups is 1. The minimum Gasteiger partial charge on any atom is -0.271 e. The third-order valence-corrected chi connectivity index (χ3v) is 3.53. The Bertz CT molecular complexity index is 640. The molecule has 0 aliphatic heterocycles. The minimum atomic E-state index is -1.55. The van der Waals surface area contributed by atoms with E-state index in [-0.39, 0.29) is 12.0 Å². The molecule has 0 heterocycles. The maximum atomic E-state index is 13.7. The summed E-state index contributed by atoms with van der Waals surface area (Å²) in [5.41, 5.74) is 2.74. The lowest BCUT2D eigenvalue weighted by atomic mass is 9.98. The summed E-state index contributed by atoms with van der Waals surface area (Å²) >= 11 is 3.21. The van der Waals surface area contributed by atoms with Gasteiger partial charge >= 0.3 is 0 Å². The number of rotatable bonds is 4. The van der Waals surface area contributed by atoms with Crippen molar-refractivity contribution in [1.82, 2.24) is 5.43 Å². The maximum absolute atomic E-state index is 13.7. The van der Waals surface area contributed by atoms with E-state index >= 15 is 0 Å². The lowest BCUT2D eigenvalue weighted by Gasteiger charge is -2.17. The number of nitrogens with two attached hydrogens (primary N) is 1. The van der Waals surface area contributed by atoms with Crippen LogP contribution in [0.3, 0.4) is 0 Å². The summed E-state index contributed by atoms with van der Waals surface area (Å²) in [6.45, 7) is 0. The van der Waals surface area contributed by atoms with Crippen molar-refractivity contribution in [1.29, 1.82) is 0 Å². The van der Waals surface area contributed by atoms with Gasteiger partial charge in [0.15, 0.2) is 17.5 Å². The molecule has 2 nitrogen and oxygen atoms in total. The number of benzene rings is 2. The highest BCUT2D eigenvalue weighted by Gasteiger charge is 2.18. The molecule has 3 N–H and O–H groups in total. The van der Waals surface area contributed by atoms with Crippen LogP contribution in [0.1, 0.15) is 17.2 Å². The summed E-state index contributed by atoms with van der Waals surface area (Å²) in [5, 5.41) is 0. The van der Waals surface area contributed by atoms with Crippen LogP contribution in [0, 0.1) is 23.3 Å². The summed E-state index contributed by atoms with van der Waals surface area (Å²) in [7, 11) is 0. The average molecular weight is 363 g/mol. The van der Waals surface area contributed by atoms with E-state index in [2.05, 4.69) is 21.4 Å². The van der Waals surface area contributed by atoms with Crippen molar-refractivity contribution in [3.8, 4) is 0 Å². The van der Waals surface area contributed by atoms with Gasteiger partial charge in [-0.25, -0.2) is 17.6 Å². The summed E-state index contributed by atoms with van der Waals surface area (Å²) in [5.74, 6) is 0.694. The Balaban J connectivity index is 2.34. The molecular formula is C14H11BrF4N2. The van der Waals surface area contributed by atoms with Crippen molar-refractivity contribution in [2.75, 3.05) is 0 Å². The zero-order valence-electron chi connectivity index (χ0n) is 10.6. The first kappa shape index (κ1) is 15.9. The number of hydrogen-bond acceptors (Lipinski definition) is 2. The predicted octanol–water partition coefficient (Wildman–Crippen LogP) is 3.75. The first-order chi connectivity index (χ1) is 9.92. The van der Waals surface area contributed by atoms with Crippen LogP contribution < -0.4 is 11.3 Å². The molecule has 2 aromatic rings. The Morgan fingerprint density at radius 2 is 1.62 bits per heavy atom. The molecule has 0 aliphatic rings. The van der Waals surface area contributed by atoms with Crippen LogP contribution in [-0.4, -0.2) is 0 Å². The normalized spacial score (nSPS) is 12.5. The lowest BCUT2D eigenvalue weighted by molar-refractivity contribution is 0.439. The van der Waals surface area contributed by atoms with Crippen molar-refractivity contribution in [3.05, 3.63) is 69.2 Å². The highest BCUT2D eigenvalue weighted by Crippen LogP contribution is 2.24. The second-order valence-corrected chi connectivity index (χ2v) is 5.37. The van der Waals surface area contributed by atoms with E-state index in [1.165, 1.54) is 18.2 Å². The van der Waals surface area contributed by atoms with Gasteiger partial charge in [0.05, 0.1) is 6.04 Å². The quantitative estimate of drug-likeness (QED) is 0.376. The van der Waals surface area contributed by atoms with Gasteiger partial charge in [0.25, 0.3) is 0 Å². The Kier molecular flexibility index (Phi) is 4.97. The molecule has 0 aliphatic carbocycles. The molecule has 7 heteroatoms. The van der Waals surface area contributed by atoms with Gasteiger partial charge < -0.3 is 0 Å². The van der Waals surface area contributed by atoms with Crippen LogP contribution in [0.5, 0.6) is 0 Å². The van der Waals surface area contributed by atoms with Gasteiger partial charge in [-0.05, 0) is 47.9 Å².